The molecule has 0 saturated carbocycles. The predicted molar refractivity (Wildman–Crippen MR) is 64.7 cm³/mol. The summed E-state index contributed by atoms with van der Waals surface area (Å²) in [6.07, 6.45) is 6.81. The van der Waals surface area contributed by atoms with Crippen molar-refractivity contribution in [3.05, 3.63) is 23.5 Å². The fraction of sp³-hybridized carbons (Fsp3) is 0.417. The number of nitrogens with one attached hydrogen (secondary N) is 1. The van der Waals surface area contributed by atoms with Crippen LogP contribution in [-0.2, 0) is 11.8 Å². The van der Waals surface area contributed by atoms with E-state index in [-0.39, 0.29) is 11.5 Å². The van der Waals surface area contributed by atoms with Crippen molar-refractivity contribution in [2.24, 2.45) is 7.05 Å². The van der Waals surface area contributed by atoms with Crippen molar-refractivity contribution in [2.75, 3.05) is 6.54 Å². The van der Waals surface area contributed by atoms with Crippen LogP contribution in [0.25, 0.3) is 6.08 Å². The lowest BCUT2D eigenvalue weighted by Gasteiger charge is -2.01. The van der Waals surface area contributed by atoms with E-state index in [1.165, 1.54) is 6.08 Å². The highest BCUT2D eigenvalue weighted by Crippen LogP contribution is 2.05. The maximum atomic E-state index is 11.6. The molecule has 1 aromatic heterocycles. The SMILES string of the molecule is CCCCNC(=O)/C(C#N)=C/c1cnn(C)c1. The second-order valence-electron chi connectivity index (χ2n) is 3.73. The van der Waals surface area contributed by atoms with Crippen molar-refractivity contribution in [3.8, 4) is 6.07 Å². The monoisotopic (exact) mass is 232 g/mol. The van der Waals surface area contributed by atoms with Gasteiger partial charge < -0.3 is 5.32 Å². The number of amides is 1. The van der Waals surface area contributed by atoms with Gasteiger partial charge in [-0.3, -0.25) is 9.48 Å². The summed E-state index contributed by atoms with van der Waals surface area (Å²) >= 11 is 0. The second kappa shape index (κ2) is 6.48. The molecular weight excluding hydrogens is 216 g/mol. The van der Waals surface area contributed by atoms with Crippen LogP contribution in [0.3, 0.4) is 0 Å². The number of nitrogens with zero attached hydrogens (tertiary/aromatic N) is 3. The number of aromatic nitrogens is 2. The van der Waals surface area contributed by atoms with Gasteiger partial charge >= 0.3 is 0 Å². The molecule has 17 heavy (non-hydrogen) atoms. The lowest BCUT2D eigenvalue weighted by Crippen LogP contribution is -2.25. The van der Waals surface area contributed by atoms with Gasteiger partial charge in [-0.25, -0.2) is 0 Å². The van der Waals surface area contributed by atoms with Crippen LogP contribution < -0.4 is 5.32 Å². The zero-order valence-corrected chi connectivity index (χ0v) is 10.1. The van der Waals surface area contributed by atoms with E-state index in [2.05, 4.69) is 10.4 Å². The first kappa shape index (κ1) is 13.0. The number of hydrogen-bond acceptors (Lipinski definition) is 3. The molecule has 1 N–H and O–H groups in total. The Hall–Kier alpha value is -2.09. The van der Waals surface area contributed by atoms with Crippen LogP contribution in [0.4, 0.5) is 0 Å². The summed E-state index contributed by atoms with van der Waals surface area (Å²) < 4.78 is 1.62. The number of nitriles is 1. The third kappa shape index (κ3) is 4.11. The lowest BCUT2D eigenvalue weighted by atomic mass is 10.2. The van der Waals surface area contributed by atoms with Gasteiger partial charge in [-0.1, -0.05) is 13.3 Å². The van der Waals surface area contributed by atoms with Gasteiger partial charge in [-0.15, -0.1) is 0 Å². The summed E-state index contributed by atoms with van der Waals surface area (Å²) in [5, 5.41) is 15.6. The van der Waals surface area contributed by atoms with Gasteiger partial charge in [-0.2, -0.15) is 10.4 Å². The molecule has 1 heterocycles. The third-order valence-electron chi connectivity index (χ3n) is 2.22. The summed E-state index contributed by atoms with van der Waals surface area (Å²) in [6, 6.07) is 1.90. The first-order valence-electron chi connectivity index (χ1n) is 5.56. The summed E-state index contributed by atoms with van der Waals surface area (Å²) in [7, 11) is 1.78. The van der Waals surface area contributed by atoms with E-state index in [4.69, 9.17) is 5.26 Å². The van der Waals surface area contributed by atoms with Crippen molar-refractivity contribution in [3.63, 3.8) is 0 Å². The van der Waals surface area contributed by atoms with Gasteiger partial charge in [0.15, 0.2) is 0 Å². The van der Waals surface area contributed by atoms with Crippen LogP contribution in [0.1, 0.15) is 25.3 Å². The molecule has 0 unspecified atom stereocenters. The standard InChI is InChI=1S/C12H16N4O/c1-3-4-5-14-12(17)11(7-13)6-10-8-15-16(2)9-10/h6,8-9H,3-5H2,1-2H3,(H,14,17)/b11-6+. The Labute approximate surface area is 101 Å². The Morgan fingerprint density at radius 3 is 3.00 bits per heavy atom. The maximum absolute atomic E-state index is 11.6. The third-order valence-corrected chi connectivity index (χ3v) is 2.22. The molecule has 0 saturated heterocycles. The fourth-order valence-corrected chi connectivity index (χ4v) is 1.30. The number of carbonyl (C=O) groups is 1. The Kier molecular flexibility index (Phi) is 4.95. The van der Waals surface area contributed by atoms with Crippen molar-refractivity contribution in [1.29, 1.82) is 5.26 Å². The number of carbonyl (C=O) groups excluding carboxylic acids is 1. The molecule has 90 valence electrons. The molecule has 0 fully saturated rings. The molecule has 0 radical (unpaired) electrons. The quantitative estimate of drug-likeness (QED) is 0.471. The van der Waals surface area contributed by atoms with Crippen LogP contribution in [-0.4, -0.2) is 22.2 Å². The fourth-order valence-electron chi connectivity index (χ4n) is 1.30. The molecule has 0 aliphatic carbocycles. The zero-order chi connectivity index (χ0) is 12.7. The second-order valence-corrected chi connectivity index (χ2v) is 3.73. The molecule has 1 amide bonds. The summed E-state index contributed by atoms with van der Waals surface area (Å²) in [4.78, 5) is 11.6. The lowest BCUT2D eigenvalue weighted by molar-refractivity contribution is -0.117. The van der Waals surface area contributed by atoms with Gasteiger partial charge in [0.2, 0.25) is 0 Å². The van der Waals surface area contributed by atoms with Crippen LogP contribution in [0.2, 0.25) is 0 Å². The van der Waals surface area contributed by atoms with Crippen molar-refractivity contribution >= 4 is 12.0 Å². The molecule has 0 aliphatic rings. The number of aryl methyl sites for hydroxylation is 1. The molecule has 0 aromatic carbocycles. The zero-order valence-electron chi connectivity index (χ0n) is 10.1. The van der Waals surface area contributed by atoms with Gasteiger partial charge in [0.25, 0.3) is 5.91 Å². The smallest absolute Gasteiger partial charge is 0.261 e. The first-order valence-corrected chi connectivity index (χ1v) is 5.56. The predicted octanol–water partition coefficient (Wildman–Crippen LogP) is 1.24. The normalized spacial score (nSPS) is 11.0. The minimum Gasteiger partial charge on any atom is -0.351 e. The van der Waals surface area contributed by atoms with Crippen LogP contribution in [0.5, 0.6) is 0 Å². The largest absolute Gasteiger partial charge is 0.351 e. The summed E-state index contributed by atoms with van der Waals surface area (Å²) in [6.45, 7) is 2.64. The highest BCUT2D eigenvalue weighted by molar-refractivity contribution is 6.01. The molecule has 0 atom stereocenters. The van der Waals surface area contributed by atoms with Crippen molar-refractivity contribution in [1.82, 2.24) is 15.1 Å². The summed E-state index contributed by atoms with van der Waals surface area (Å²) in [5.41, 5.74) is 0.851. The van der Waals surface area contributed by atoms with Gasteiger partial charge in [0.1, 0.15) is 11.6 Å². The van der Waals surface area contributed by atoms with E-state index in [1.54, 1.807) is 24.1 Å². The maximum Gasteiger partial charge on any atom is 0.261 e. The Morgan fingerprint density at radius 2 is 2.47 bits per heavy atom. The average molecular weight is 232 g/mol. The highest BCUT2D eigenvalue weighted by Gasteiger charge is 2.08. The van der Waals surface area contributed by atoms with E-state index in [0.717, 1.165) is 18.4 Å². The van der Waals surface area contributed by atoms with E-state index in [9.17, 15) is 4.79 Å². The Balaban J connectivity index is 2.68. The minimum absolute atomic E-state index is 0.106. The Morgan fingerprint density at radius 1 is 1.71 bits per heavy atom. The topological polar surface area (TPSA) is 70.7 Å². The Bertz CT molecular complexity index is 453. The molecule has 5 heteroatoms. The van der Waals surface area contributed by atoms with E-state index >= 15 is 0 Å². The average Bonchev–Trinajstić information content (AvgIpc) is 2.72. The highest BCUT2D eigenvalue weighted by atomic mass is 16.1. The minimum atomic E-state index is -0.329. The molecule has 5 nitrogen and oxygen atoms in total. The number of rotatable bonds is 5. The van der Waals surface area contributed by atoms with Crippen molar-refractivity contribution < 1.29 is 4.79 Å². The van der Waals surface area contributed by atoms with Crippen LogP contribution in [0, 0.1) is 11.3 Å². The van der Waals surface area contributed by atoms with E-state index in [1.807, 2.05) is 13.0 Å². The molecule has 0 aliphatic heterocycles. The van der Waals surface area contributed by atoms with E-state index < -0.39 is 0 Å². The number of unbranched alkanes of at least 4 members (excludes halogenated alkanes) is 1. The number of hydrogen-bond donors (Lipinski definition) is 1. The van der Waals surface area contributed by atoms with Gasteiger partial charge in [0.05, 0.1) is 6.20 Å². The molecule has 1 rings (SSSR count). The molecule has 1 aromatic rings. The van der Waals surface area contributed by atoms with Crippen LogP contribution in [0.15, 0.2) is 18.0 Å². The first-order chi connectivity index (χ1) is 8.17. The van der Waals surface area contributed by atoms with Gasteiger partial charge in [0, 0.05) is 25.4 Å². The summed E-state index contributed by atoms with van der Waals surface area (Å²) in [5.74, 6) is -0.329. The molecule has 0 spiro atoms. The molecule has 0 bridgehead atoms. The van der Waals surface area contributed by atoms with E-state index in [0.29, 0.717) is 6.54 Å². The molecular formula is C12H16N4O. The van der Waals surface area contributed by atoms with Crippen molar-refractivity contribution in [2.45, 2.75) is 19.8 Å². The van der Waals surface area contributed by atoms with Gasteiger partial charge in [-0.05, 0) is 12.5 Å². The van der Waals surface area contributed by atoms with Crippen LogP contribution >= 0.6 is 0 Å².